The van der Waals surface area contributed by atoms with Gasteiger partial charge in [-0.15, -0.1) is 0 Å². The van der Waals surface area contributed by atoms with Gasteiger partial charge in [0.1, 0.15) is 17.0 Å². The third-order valence-corrected chi connectivity index (χ3v) is 7.29. The maximum Gasteiger partial charge on any atom is 0.229 e. The number of halogens is 1. The highest BCUT2D eigenvalue weighted by atomic mass is 35.5. The summed E-state index contributed by atoms with van der Waals surface area (Å²) < 4.78 is 23.6. The highest BCUT2D eigenvalue weighted by Gasteiger charge is 2.19. The van der Waals surface area contributed by atoms with Gasteiger partial charge in [0.25, 0.3) is 0 Å². The molecule has 194 valence electrons. The zero-order valence-electron chi connectivity index (χ0n) is 21.1. The molecule has 1 aliphatic rings. The number of ether oxygens (including phenoxy) is 1. The molecule has 4 rings (SSSR count). The third kappa shape index (κ3) is 6.91. The minimum atomic E-state index is -1.12. The fraction of sp³-hybridized carbons (Fsp3) is 0.333. The first-order valence-corrected chi connectivity index (χ1v) is 15.1. The lowest BCUT2D eigenvalue weighted by Crippen LogP contribution is -2.26. The maximum atomic E-state index is 12.0. The monoisotopic (exact) mass is 567 g/mol. The van der Waals surface area contributed by atoms with Gasteiger partial charge in [0.05, 0.1) is 32.8 Å². The topological polar surface area (TPSA) is 94.6 Å². The van der Waals surface area contributed by atoms with Crippen molar-refractivity contribution in [1.29, 1.82) is 0 Å². The van der Waals surface area contributed by atoms with E-state index in [0.29, 0.717) is 33.1 Å². The predicted octanol–water partition coefficient (Wildman–Crippen LogP) is 5.44. The second-order valence-electron chi connectivity index (χ2n) is 8.46. The molecule has 12 heteroatoms. The Hall–Kier alpha value is -1.86. The Kier molecular flexibility index (Phi) is 10.0. The molecule has 0 radical (unpaired) electrons. The average Bonchev–Trinajstić information content (AvgIpc) is 2.81. The number of rotatable bonds is 8. The van der Waals surface area contributed by atoms with Crippen LogP contribution in [0.3, 0.4) is 0 Å². The van der Waals surface area contributed by atoms with Gasteiger partial charge in [-0.1, -0.05) is 11.6 Å². The Bertz CT molecular complexity index is 1220. The lowest BCUT2D eigenvalue weighted by Gasteiger charge is -2.26. The molecule has 0 fully saturated rings. The number of fused-ring (bicyclic) bond motifs is 1. The molecule has 0 amide bonds. The van der Waals surface area contributed by atoms with Crippen LogP contribution in [0, 0.1) is 0 Å². The maximum absolute atomic E-state index is 12.0. The van der Waals surface area contributed by atoms with Crippen molar-refractivity contribution in [2.45, 2.75) is 17.9 Å². The van der Waals surface area contributed by atoms with Crippen LogP contribution >= 0.6 is 29.6 Å². The summed E-state index contributed by atoms with van der Waals surface area (Å²) in [6, 6.07) is 9.57. The molecular weight excluding hydrogens is 536 g/mol. The van der Waals surface area contributed by atoms with Crippen LogP contribution in [0.5, 0.6) is 11.5 Å². The van der Waals surface area contributed by atoms with E-state index in [1.807, 2.05) is 19.4 Å². The summed E-state index contributed by atoms with van der Waals surface area (Å²) in [5.74, 6) is 2.13. The van der Waals surface area contributed by atoms with Gasteiger partial charge in [-0.3, -0.25) is 0 Å². The zero-order valence-corrected chi connectivity index (χ0v) is 25.0. The number of hydrogen-bond acceptors (Lipinski definition) is 8. The van der Waals surface area contributed by atoms with Gasteiger partial charge in [0, 0.05) is 19.2 Å². The molecule has 8 nitrogen and oxygen atoms in total. The first-order chi connectivity index (χ1) is 16.7. The molecule has 0 aliphatic carbocycles. The number of benzene rings is 2. The van der Waals surface area contributed by atoms with Crippen LogP contribution in [-0.2, 0) is 24.1 Å². The number of methoxy groups -OCH3 is 1. The average molecular weight is 568 g/mol. The van der Waals surface area contributed by atoms with E-state index in [0.717, 1.165) is 30.9 Å². The van der Waals surface area contributed by atoms with Crippen molar-refractivity contribution < 1.29 is 13.8 Å². The fourth-order valence-electron chi connectivity index (χ4n) is 3.81. The molecule has 1 aliphatic heterocycles. The number of aromatic nitrogens is 2. The molecule has 2 atom stereocenters. The summed E-state index contributed by atoms with van der Waals surface area (Å²) in [4.78, 5) is 11.9. The largest absolute Gasteiger partial charge is 0.612 e. The van der Waals surface area contributed by atoms with Crippen LogP contribution < -0.4 is 19.9 Å². The first-order valence-electron chi connectivity index (χ1n) is 11.0. The Labute approximate surface area is 225 Å². The summed E-state index contributed by atoms with van der Waals surface area (Å²) in [5, 5.41) is 6.89. The molecule has 1 aromatic heterocycles. The van der Waals surface area contributed by atoms with E-state index < -0.39 is 19.3 Å². The van der Waals surface area contributed by atoms with E-state index in [1.54, 1.807) is 31.7 Å². The highest BCUT2D eigenvalue weighted by Crippen LogP contribution is 2.39. The summed E-state index contributed by atoms with van der Waals surface area (Å²) >= 11 is 5.30. The third-order valence-electron chi connectivity index (χ3n) is 5.53. The van der Waals surface area contributed by atoms with E-state index >= 15 is 0 Å². The first kappa shape index (κ1) is 28.7. The summed E-state index contributed by atoms with van der Waals surface area (Å²) in [6.45, 7) is 5.90. The molecule has 2 N–H and O–H groups in total. The van der Waals surface area contributed by atoms with Crippen molar-refractivity contribution >= 4 is 64.0 Å². The lowest BCUT2D eigenvalue weighted by atomic mass is 9.99. The molecule has 0 bridgehead atoms. The van der Waals surface area contributed by atoms with Crippen molar-refractivity contribution in [2.75, 3.05) is 50.9 Å². The van der Waals surface area contributed by atoms with Crippen LogP contribution in [-0.4, -0.2) is 59.7 Å². The van der Waals surface area contributed by atoms with Gasteiger partial charge >= 0.3 is 0 Å². The molecule has 36 heavy (non-hydrogen) atoms. The van der Waals surface area contributed by atoms with Crippen molar-refractivity contribution in [3.05, 3.63) is 52.7 Å². The molecule has 0 saturated carbocycles. The minimum absolute atomic E-state index is 0. The molecule has 2 heterocycles. The zero-order chi connectivity index (χ0) is 25.1. The van der Waals surface area contributed by atoms with Gasteiger partial charge in [-0.25, -0.2) is 4.98 Å². The number of hydrogen-bond donors (Lipinski definition) is 2. The summed E-state index contributed by atoms with van der Waals surface area (Å²) in [7, 11) is 3.08. The van der Waals surface area contributed by atoms with Crippen LogP contribution in [0.15, 0.2) is 41.4 Å². The van der Waals surface area contributed by atoms with E-state index in [-0.39, 0.29) is 9.90 Å². The number of anilines is 4. The Balaban J connectivity index is 0.00000361. The Morgan fingerprint density at radius 3 is 2.58 bits per heavy atom. The van der Waals surface area contributed by atoms with Crippen molar-refractivity contribution in [3.63, 3.8) is 0 Å². The summed E-state index contributed by atoms with van der Waals surface area (Å²) in [5.41, 5.74) is 4.01. The fourth-order valence-corrected chi connectivity index (χ4v) is 5.03. The summed E-state index contributed by atoms with van der Waals surface area (Å²) in [6.07, 6.45) is 4.17. The van der Waals surface area contributed by atoms with E-state index in [4.69, 9.17) is 20.9 Å². The molecule has 2 aromatic carbocycles. The molecular formula is C24H32ClN5O3P2S. The Morgan fingerprint density at radius 2 is 1.89 bits per heavy atom. The van der Waals surface area contributed by atoms with Crippen LogP contribution in [0.25, 0.3) is 0 Å². The van der Waals surface area contributed by atoms with Gasteiger partial charge in [-0.05, 0) is 73.4 Å². The number of nitrogens with one attached hydrogen (secondary N) is 2. The van der Waals surface area contributed by atoms with Crippen LogP contribution in [0.4, 0.5) is 23.1 Å². The lowest BCUT2D eigenvalue weighted by molar-refractivity contribution is 0.312. The normalized spacial score (nSPS) is 14.0. The molecule has 0 spiro atoms. The number of likely N-dealkylation sites (N-methyl/N-ethyl adjacent to an activating group) is 1. The van der Waals surface area contributed by atoms with Crippen molar-refractivity contribution in [1.82, 2.24) is 14.9 Å². The molecule has 3 aromatic rings. The Morgan fingerprint density at radius 1 is 1.11 bits per heavy atom. The minimum Gasteiger partial charge on any atom is -0.612 e. The standard InChI is InChI=1S/C24H29ClN5O3PS.H3P/c1-30-9-8-15-11-21(32-2)20(10-16(15)14-30)28-24-26-13-18(25)23(29-24)27-19-7-6-17(35(5)31)12-22(19)33-34(3)4;/h6-7,10-13H,8-9,14H2,1-5H3,(H2,26,27,28,29);1H3. The van der Waals surface area contributed by atoms with Gasteiger partial charge < -0.3 is 29.3 Å². The smallest absolute Gasteiger partial charge is 0.229 e. The van der Waals surface area contributed by atoms with E-state index in [1.165, 1.54) is 11.1 Å². The van der Waals surface area contributed by atoms with Gasteiger partial charge in [0.15, 0.2) is 16.5 Å². The van der Waals surface area contributed by atoms with E-state index in [9.17, 15) is 4.55 Å². The van der Waals surface area contributed by atoms with Gasteiger partial charge in [-0.2, -0.15) is 14.9 Å². The molecule has 0 saturated heterocycles. The quantitative estimate of drug-likeness (QED) is 0.274. The van der Waals surface area contributed by atoms with Crippen LogP contribution in [0.1, 0.15) is 11.1 Å². The highest BCUT2D eigenvalue weighted by molar-refractivity contribution is 7.90. The van der Waals surface area contributed by atoms with Crippen molar-refractivity contribution in [2.24, 2.45) is 0 Å². The predicted molar refractivity (Wildman–Crippen MR) is 156 cm³/mol. The van der Waals surface area contributed by atoms with Crippen LogP contribution in [0.2, 0.25) is 5.02 Å². The number of nitrogens with zero attached hydrogens (tertiary/aromatic N) is 3. The SMILES string of the molecule is COc1cc2c(cc1Nc1ncc(Cl)c(Nc3ccc([S+](C)[O-])cc3OP(C)C)n1)CN(C)CC2.P. The van der Waals surface area contributed by atoms with Crippen molar-refractivity contribution in [3.8, 4) is 11.5 Å². The van der Waals surface area contributed by atoms with Gasteiger partial charge in [0.2, 0.25) is 5.95 Å². The molecule has 2 unspecified atom stereocenters. The second-order valence-corrected chi connectivity index (χ2v) is 12.1. The van der Waals surface area contributed by atoms with E-state index in [2.05, 4.69) is 44.7 Å². The second kappa shape index (κ2) is 12.6.